The topological polar surface area (TPSA) is 46.5 Å². The Morgan fingerprint density at radius 1 is 1.00 bits per heavy atom. The molecule has 1 aromatic heterocycles. The summed E-state index contributed by atoms with van der Waals surface area (Å²) >= 11 is 0. The van der Waals surface area contributed by atoms with Gasteiger partial charge in [-0.15, -0.1) is 0 Å². The standard InChI is InChI=1S/C25H29N3O2/c1-20-23(25(29)26-13-8-14-27-15-17-30-18-16-27)19-24(21-9-4-2-5-10-21)28(20)22-11-6-3-7-12-22/h2-7,9-12,19H,8,13-18H2,1H3,(H,26,29). The highest BCUT2D eigenvalue weighted by Gasteiger charge is 2.19. The van der Waals surface area contributed by atoms with E-state index in [1.165, 1.54) is 0 Å². The highest BCUT2D eigenvalue weighted by Crippen LogP contribution is 2.29. The normalized spacial score (nSPS) is 14.6. The van der Waals surface area contributed by atoms with Crippen molar-refractivity contribution in [3.05, 3.63) is 78.0 Å². The van der Waals surface area contributed by atoms with Gasteiger partial charge in [-0.3, -0.25) is 9.69 Å². The Hall–Kier alpha value is -2.89. The summed E-state index contributed by atoms with van der Waals surface area (Å²) in [6, 6.07) is 22.4. The fourth-order valence-corrected chi connectivity index (χ4v) is 3.99. The first-order valence-electron chi connectivity index (χ1n) is 10.7. The van der Waals surface area contributed by atoms with Crippen molar-refractivity contribution in [1.29, 1.82) is 0 Å². The number of hydrogen-bond donors (Lipinski definition) is 1. The van der Waals surface area contributed by atoms with Gasteiger partial charge in [-0.1, -0.05) is 48.5 Å². The van der Waals surface area contributed by atoms with Gasteiger partial charge in [0, 0.05) is 31.0 Å². The second-order valence-electron chi connectivity index (χ2n) is 7.63. The van der Waals surface area contributed by atoms with Crippen LogP contribution in [0.3, 0.4) is 0 Å². The van der Waals surface area contributed by atoms with Gasteiger partial charge in [-0.25, -0.2) is 0 Å². The Balaban J connectivity index is 1.51. The van der Waals surface area contributed by atoms with Gasteiger partial charge in [0.25, 0.3) is 5.91 Å². The van der Waals surface area contributed by atoms with E-state index in [0.717, 1.165) is 67.5 Å². The molecule has 1 fully saturated rings. The van der Waals surface area contributed by atoms with Crippen molar-refractivity contribution < 1.29 is 9.53 Å². The maximum absolute atomic E-state index is 13.0. The smallest absolute Gasteiger partial charge is 0.253 e. The lowest BCUT2D eigenvalue weighted by Gasteiger charge is -2.26. The molecule has 30 heavy (non-hydrogen) atoms. The number of carbonyl (C=O) groups excluding carboxylic acids is 1. The van der Waals surface area contributed by atoms with Crippen molar-refractivity contribution in [2.75, 3.05) is 39.4 Å². The minimum Gasteiger partial charge on any atom is -0.379 e. The largest absolute Gasteiger partial charge is 0.379 e. The Morgan fingerprint density at radius 3 is 2.37 bits per heavy atom. The number of nitrogens with zero attached hydrogens (tertiary/aromatic N) is 2. The molecule has 1 amide bonds. The number of hydrogen-bond acceptors (Lipinski definition) is 3. The van der Waals surface area contributed by atoms with E-state index >= 15 is 0 Å². The van der Waals surface area contributed by atoms with E-state index in [2.05, 4.69) is 39.0 Å². The van der Waals surface area contributed by atoms with Gasteiger partial charge in [0.2, 0.25) is 0 Å². The van der Waals surface area contributed by atoms with Gasteiger partial charge in [0.1, 0.15) is 0 Å². The van der Waals surface area contributed by atoms with Crippen molar-refractivity contribution in [2.24, 2.45) is 0 Å². The number of aromatic nitrogens is 1. The fourth-order valence-electron chi connectivity index (χ4n) is 3.99. The zero-order chi connectivity index (χ0) is 20.8. The van der Waals surface area contributed by atoms with Gasteiger partial charge >= 0.3 is 0 Å². The molecule has 4 rings (SSSR count). The van der Waals surface area contributed by atoms with Crippen LogP contribution < -0.4 is 5.32 Å². The van der Waals surface area contributed by atoms with Crippen molar-refractivity contribution in [3.8, 4) is 16.9 Å². The highest BCUT2D eigenvalue weighted by atomic mass is 16.5. The quantitative estimate of drug-likeness (QED) is 0.609. The molecule has 0 unspecified atom stereocenters. The third-order valence-corrected chi connectivity index (χ3v) is 5.62. The lowest BCUT2D eigenvalue weighted by Crippen LogP contribution is -2.38. The molecule has 1 aliphatic rings. The van der Waals surface area contributed by atoms with Crippen LogP contribution in [0.4, 0.5) is 0 Å². The van der Waals surface area contributed by atoms with Crippen molar-refractivity contribution in [1.82, 2.24) is 14.8 Å². The number of nitrogens with one attached hydrogen (secondary N) is 1. The van der Waals surface area contributed by atoms with Crippen molar-refractivity contribution in [3.63, 3.8) is 0 Å². The Labute approximate surface area is 178 Å². The molecular formula is C25H29N3O2. The summed E-state index contributed by atoms with van der Waals surface area (Å²) in [5, 5.41) is 3.11. The summed E-state index contributed by atoms with van der Waals surface area (Å²) in [5.74, 6) is -0.0126. The SMILES string of the molecule is Cc1c(C(=O)NCCCN2CCOCC2)cc(-c2ccccc2)n1-c1ccccc1. The molecule has 1 aliphatic heterocycles. The molecular weight excluding hydrogens is 374 g/mol. The van der Waals surface area contributed by atoms with Crippen LogP contribution in [0.5, 0.6) is 0 Å². The molecule has 0 saturated carbocycles. The number of carbonyl (C=O) groups is 1. The molecule has 2 heterocycles. The Bertz CT molecular complexity index is 961. The minimum absolute atomic E-state index is 0.0126. The monoisotopic (exact) mass is 403 g/mol. The van der Waals surface area contributed by atoms with Crippen LogP contribution in [-0.4, -0.2) is 54.8 Å². The van der Waals surface area contributed by atoms with E-state index in [1.807, 2.05) is 49.4 Å². The maximum atomic E-state index is 13.0. The van der Waals surface area contributed by atoms with Crippen LogP contribution in [0.1, 0.15) is 22.5 Å². The highest BCUT2D eigenvalue weighted by molar-refractivity contribution is 5.97. The van der Waals surface area contributed by atoms with E-state index in [9.17, 15) is 4.79 Å². The molecule has 156 valence electrons. The molecule has 0 radical (unpaired) electrons. The molecule has 0 aliphatic carbocycles. The number of para-hydroxylation sites is 1. The molecule has 2 aromatic carbocycles. The summed E-state index contributed by atoms with van der Waals surface area (Å²) in [6.07, 6.45) is 0.940. The van der Waals surface area contributed by atoms with Crippen LogP contribution in [0.15, 0.2) is 66.7 Å². The summed E-state index contributed by atoms with van der Waals surface area (Å²) in [7, 11) is 0. The van der Waals surface area contributed by atoms with Gasteiger partial charge < -0.3 is 14.6 Å². The average molecular weight is 404 g/mol. The summed E-state index contributed by atoms with van der Waals surface area (Å²) in [5.41, 5.74) is 4.85. The van der Waals surface area contributed by atoms with Gasteiger partial charge in [-0.05, 0) is 43.7 Å². The molecule has 0 bridgehead atoms. The van der Waals surface area contributed by atoms with Crippen molar-refractivity contribution >= 4 is 5.91 Å². The number of rotatable bonds is 7. The fraction of sp³-hybridized carbons (Fsp3) is 0.320. The molecule has 1 saturated heterocycles. The van der Waals surface area contributed by atoms with Crippen LogP contribution in [-0.2, 0) is 4.74 Å². The molecule has 0 spiro atoms. The van der Waals surface area contributed by atoms with E-state index in [4.69, 9.17) is 4.74 Å². The molecule has 0 atom stereocenters. The molecule has 5 nitrogen and oxygen atoms in total. The number of ether oxygens (including phenoxy) is 1. The third-order valence-electron chi connectivity index (χ3n) is 5.62. The lowest BCUT2D eigenvalue weighted by atomic mass is 10.1. The van der Waals surface area contributed by atoms with Gasteiger partial charge in [0.05, 0.1) is 24.5 Å². The predicted octanol–water partition coefficient (Wildman–Crippen LogP) is 3.90. The van der Waals surface area contributed by atoms with Gasteiger partial charge in [0.15, 0.2) is 0 Å². The van der Waals surface area contributed by atoms with Crippen LogP contribution in [0.2, 0.25) is 0 Å². The van der Waals surface area contributed by atoms with Crippen LogP contribution >= 0.6 is 0 Å². The number of morpholine rings is 1. The third kappa shape index (κ3) is 4.64. The van der Waals surface area contributed by atoms with E-state index in [-0.39, 0.29) is 5.91 Å². The van der Waals surface area contributed by atoms with Crippen LogP contribution in [0, 0.1) is 6.92 Å². The Morgan fingerprint density at radius 2 is 1.67 bits per heavy atom. The predicted molar refractivity (Wildman–Crippen MR) is 120 cm³/mol. The van der Waals surface area contributed by atoms with Crippen molar-refractivity contribution in [2.45, 2.75) is 13.3 Å². The van der Waals surface area contributed by atoms with Crippen LogP contribution in [0.25, 0.3) is 16.9 Å². The number of amides is 1. The summed E-state index contributed by atoms with van der Waals surface area (Å²) in [6.45, 7) is 7.25. The second-order valence-corrected chi connectivity index (χ2v) is 7.63. The van der Waals surface area contributed by atoms with E-state index < -0.39 is 0 Å². The zero-order valence-electron chi connectivity index (χ0n) is 17.5. The summed E-state index contributed by atoms with van der Waals surface area (Å²) in [4.78, 5) is 15.4. The van der Waals surface area contributed by atoms with Gasteiger partial charge in [-0.2, -0.15) is 0 Å². The Kier molecular flexibility index (Phi) is 6.62. The first kappa shape index (κ1) is 20.4. The zero-order valence-corrected chi connectivity index (χ0v) is 17.5. The molecule has 3 aromatic rings. The summed E-state index contributed by atoms with van der Waals surface area (Å²) < 4.78 is 7.55. The lowest BCUT2D eigenvalue weighted by molar-refractivity contribution is 0.0374. The number of benzene rings is 2. The maximum Gasteiger partial charge on any atom is 0.253 e. The first-order chi connectivity index (χ1) is 14.7. The average Bonchev–Trinajstić information content (AvgIpc) is 3.15. The van der Waals surface area contributed by atoms with E-state index in [0.29, 0.717) is 6.54 Å². The molecule has 1 N–H and O–H groups in total. The first-order valence-corrected chi connectivity index (χ1v) is 10.7. The second kappa shape index (κ2) is 9.74. The minimum atomic E-state index is -0.0126. The van der Waals surface area contributed by atoms with E-state index in [1.54, 1.807) is 0 Å². The molecule has 5 heteroatoms.